The average molecular weight is 240 g/mol. The third-order valence-electron chi connectivity index (χ3n) is 4.53. The summed E-state index contributed by atoms with van der Waals surface area (Å²) in [4.78, 5) is 0. The second kappa shape index (κ2) is 9.00. The second-order valence-electron chi connectivity index (χ2n) is 6.84. The molecule has 0 rings (SSSR count). The predicted molar refractivity (Wildman–Crippen MR) is 80.3 cm³/mol. The Labute approximate surface area is 111 Å². The maximum atomic E-state index is 2.46. The van der Waals surface area contributed by atoms with Gasteiger partial charge in [0.25, 0.3) is 0 Å². The van der Waals surface area contributed by atoms with Crippen molar-refractivity contribution in [2.75, 3.05) is 0 Å². The van der Waals surface area contributed by atoms with Gasteiger partial charge in [-0.15, -0.1) is 0 Å². The van der Waals surface area contributed by atoms with E-state index in [0.29, 0.717) is 0 Å². The molecule has 4 unspecified atom stereocenters. The van der Waals surface area contributed by atoms with Crippen LogP contribution in [-0.2, 0) is 0 Å². The minimum Gasteiger partial charge on any atom is -0.0651 e. The van der Waals surface area contributed by atoms with E-state index in [9.17, 15) is 0 Å². The molecule has 0 saturated heterocycles. The molecule has 0 amide bonds. The van der Waals surface area contributed by atoms with Crippen LogP contribution in [0, 0.1) is 29.6 Å². The zero-order chi connectivity index (χ0) is 13.4. The van der Waals surface area contributed by atoms with Crippen molar-refractivity contribution in [1.82, 2.24) is 0 Å². The van der Waals surface area contributed by atoms with Gasteiger partial charge in [-0.25, -0.2) is 0 Å². The molecule has 0 saturated carbocycles. The number of rotatable bonds is 9. The minimum atomic E-state index is 0.849. The molecular weight excluding hydrogens is 204 g/mol. The first kappa shape index (κ1) is 17.0. The fourth-order valence-corrected chi connectivity index (χ4v) is 2.90. The van der Waals surface area contributed by atoms with E-state index >= 15 is 0 Å². The van der Waals surface area contributed by atoms with Gasteiger partial charge >= 0.3 is 0 Å². The van der Waals surface area contributed by atoms with Crippen molar-refractivity contribution in [3.8, 4) is 0 Å². The predicted octanol–water partition coefficient (Wildman–Crippen LogP) is 6.16. The average Bonchev–Trinajstić information content (AvgIpc) is 2.26. The summed E-state index contributed by atoms with van der Waals surface area (Å²) in [5.41, 5.74) is 0. The van der Waals surface area contributed by atoms with E-state index in [0.717, 1.165) is 29.6 Å². The Morgan fingerprint density at radius 3 is 1.59 bits per heavy atom. The van der Waals surface area contributed by atoms with Crippen molar-refractivity contribution in [2.45, 2.75) is 80.6 Å². The van der Waals surface area contributed by atoms with Gasteiger partial charge in [-0.3, -0.25) is 0 Å². The first-order valence-corrected chi connectivity index (χ1v) is 7.90. The van der Waals surface area contributed by atoms with Gasteiger partial charge in [0, 0.05) is 0 Å². The van der Waals surface area contributed by atoms with Crippen LogP contribution < -0.4 is 0 Å². The molecule has 0 aliphatic carbocycles. The van der Waals surface area contributed by atoms with Crippen LogP contribution in [-0.4, -0.2) is 0 Å². The molecule has 0 nitrogen and oxygen atoms in total. The highest BCUT2D eigenvalue weighted by Gasteiger charge is 2.19. The molecule has 17 heavy (non-hydrogen) atoms. The molecule has 0 aromatic heterocycles. The first-order valence-electron chi connectivity index (χ1n) is 7.90. The van der Waals surface area contributed by atoms with E-state index in [2.05, 4.69) is 48.5 Å². The van der Waals surface area contributed by atoms with Crippen molar-refractivity contribution < 1.29 is 0 Å². The van der Waals surface area contributed by atoms with E-state index in [1.807, 2.05) is 0 Å². The molecule has 0 fully saturated rings. The summed E-state index contributed by atoms with van der Waals surface area (Å²) >= 11 is 0. The van der Waals surface area contributed by atoms with E-state index in [1.54, 1.807) is 0 Å². The monoisotopic (exact) mass is 240 g/mol. The van der Waals surface area contributed by atoms with Crippen LogP contribution in [0.15, 0.2) is 0 Å². The zero-order valence-electron chi connectivity index (χ0n) is 13.4. The Hall–Kier alpha value is 0. The highest BCUT2D eigenvalue weighted by atomic mass is 14.2. The van der Waals surface area contributed by atoms with Gasteiger partial charge in [-0.05, 0) is 48.9 Å². The number of hydrogen-bond donors (Lipinski definition) is 0. The van der Waals surface area contributed by atoms with Gasteiger partial charge in [0.2, 0.25) is 0 Å². The molecule has 0 aliphatic heterocycles. The lowest BCUT2D eigenvalue weighted by atomic mass is 9.79. The Bertz CT molecular complexity index is 171. The molecule has 0 aromatic carbocycles. The molecule has 0 N–H and O–H groups in total. The first-order chi connectivity index (χ1) is 7.90. The fraction of sp³-hybridized carbons (Fsp3) is 1.00. The van der Waals surface area contributed by atoms with E-state index in [1.165, 1.54) is 32.1 Å². The number of hydrogen-bond acceptors (Lipinski definition) is 0. The van der Waals surface area contributed by atoms with Gasteiger partial charge in [0.05, 0.1) is 0 Å². The summed E-state index contributed by atoms with van der Waals surface area (Å²) in [6, 6.07) is 0. The van der Waals surface area contributed by atoms with E-state index < -0.39 is 0 Å². The van der Waals surface area contributed by atoms with Crippen LogP contribution in [0.5, 0.6) is 0 Å². The lowest BCUT2D eigenvalue weighted by molar-refractivity contribution is 0.241. The molecule has 0 heteroatoms. The third kappa shape index (κ3) is 7.84. The quantitative estimate of drug-likeness (QED) is 0.453. The highest BCUT2D eigenvalue weighted by Crippen LogP contribution is 2.30. The normalized spacial score (nSPS) is 19.1. The molecule has 0 aromatic rings. The van der Waals surface area contributed by atoms with Gasteiger partial charge in [-0.2, -0.15) is 0 Å². The minimum absolute atomic E-state index is 0.849. The third-order valence-corrected chi connectivity index (χ3v) is 4.53. The summed E-state index contributed by atoms with van der Waals surface area (Å²) in [6.07, 6.45) is 6.97. The summed E-state index contributed by atoms with van der Waals surface area (Å²) in [7, 11) is 0. The van der Waals surface area contributed by atoms with Crippen molar-refractivity contribution in [3.63, 3.8) is 0 Å². The van der Waals surface area contributed by atoms with Crippen molar-refractivity contribution in [3.05, 3.63) is 0 Å². The van der Waals surface area contributed by atoms with Gasteiger partial charge < -0.3 is 0 Å². The molecule has 0 aliphatic rings. The van der Waals surface area contributed by atoms with Gasteiger partial charge in [0.15, 0.2) is 0 Å². The van der Waals surface area contributed by atoms with Crippen LogP contribution in [0.2, 0.25) is 0 Å². The maximum Gasteiger partial charge on any atom is -0.0412 e. The lowest BCUT2D eigenvalue weighted by Gasteiger charge is -2.27. The molecular formula is C17H36. The topological polar surface area (TPSA) is 0 Å². The molecule has 0 bridgehead atoms. The molecule has 104 valence electrons. The summed E-state index contributed by atoms with van der Waals surface area (Å²) < 4.78 is 0. The van der Waals surface area contributed by atoms with Crippen LogP contribution in [0.3, 0.4) is 0 Å². The van der Waals surface area contributed by atoms with Crippen LogP contribution >= 0.6 is 0 Å². The summed E-state index contributed by atoms with van der Waals surface area (Å²) in [5, 5.41) is 0. The van der Waals surface area contributed by atoms with Crippen molar-refractivity contribution >= 4 is 0 Å². The van der Waals surface area contributed by atoms with Crippen molar-refractivity contribution in [2.24, 2.45) is 29.6 Å². The Balaban J connectivity index is 4.08. The SMILES string of the molecule is CCC(C)CC(CC)CC(C)C(C)CC(C)C. The standard InChI is InChI=1S/C17H36/c1-8-14(5)11-17(9-2)12-16(7)15(6)10-13(3)4/h13-17H,8-12H2,1-7H3. The smallest absolute Gasteiger partial charge is 0.0412 e. The Morgan fingerprint density at radius 2 is 1.18 bits per heavy atom. The van der Waals surface area contributed by atoms with Crippen LogP contribution in [0.25, 0.3) is 0 Å². The van der Waals surface area contributed by atoms with E-state index in [-0.39, 0.29) is 0 Å². The molecule has 4 atom stereocenters. The van der Waals surface area contributed by atoms with Crippen LogP contribution in [0.4, 0.5) is 0 Å². The Morgan fingerprint density at radius 1 is 0.647 bits per heavy atom. The largest absolute Gasteiger partial charge is 0.0651 e. The lowest BCUT2D eigenvalue weighted by Crippen LogP contribution is -2.16. The van der Waals surface area contributed by atoms with Crippen molar-refractivity contribution in [1.29, 1.82) is 0 Å². The highest BCUT2D eigenvalue weighted by molar-refractivity contribution is 4.70. The summed E-state index contributed by atoms with van der Waals surface area (Å²) in [5.74, 6) is 4.50. The molecule has 0 spiro atoms. The van der Waals surface area contributed by atoms with Crippen LogP contribution in [0.1, 0.15) is 80.6 Å². The van der Waals surface area contributed by atoms with Gasteiger partial charge in [0.1, 0.15) is 0 Å². The van der Waals surface area contributed by atoms with Gasteiger partial charge in [-0.1, -0.05) is 61.3 Å². The second-order valence-corrected chi connectivity index (χ2v) is 6.84. The maximum absolute atomic E-state index is 2.46. The molecule has 0 radical (unpaired) electrons. The summed E-state index contributed by atoms with van der Waals surface area (Å²) in [6.45, 7) is 16.7. The fourth-order valence-electron chi connectivity index (χ4n) is 2.90. The zero-order valence-corrected chi connectivity index (χ0v) is 13.4. The van der Waals surface area contributed by atoms with E-state index in [4.69, 9.17) is 0 Å². The molecule has 0 heterocycles. The Kier molecular flexibility index (Phi) is 9.00.